The molecule has 0 unspecified atom stereocenters. The molecule has 1 aliphatic rings. The van der Waals surface area contributed by atoms with Crippen LogP contribution >= 0.6 is 0 Å². The molecule has 2 rings (SSSR count). The van der Waals surface area contributed by atoms with E-state index < -0.39 is 0 Å². The Kier molecular flexibility index (Phi) is 4.25. The van der Waals surface area contributed by atoms with E-state index in [0.717, 1.165) is 36.8 Å². The summed E-state index contributed by atoms with van der Waals surface area (Å²) in [5.74, 6) is 0.137. The van der Waals surface area contributed by atoms with E-state index in [2.05, 4.69) is 6.07 Å². The van der Waals surface area contributed by atoms with Gasteiger partial charge in [0.25, 0.3) is 5.91 Å². The molecule has 0 bridgehead atoms. The highest BCUT2D eigenvalue weighted by molar-refractivity contribution is 5.95. The molecule has 0 atom stereocenters. The smallest absolute Gasteiger partial charge is 0.254 e. The van der Waals surface area contributed by atoms with E-state index in [0.29, 0.717) is 12.1 Å². The quantitative estimate of drug-likeness (QED) is 0.888. The van der Waals surface area contributed by atoms with Gasteiger partial charge in [0.15, 0.2) is 0 Å². The second kappa shape index (κ2) is 5.74. The van der Waals surface area contributed by atoms with Crippen LogP contribution in [0.25, 0.3) is 0 Å². The second-order valence-electron chi connectivity index (χ2n) is 5.80. The van der Waals surface area contributed by atoms with Gasteiger partial charge in [0, 0.05) is 24.7 Å². The van der Waals surface area contributed by atoms with E-state index in [1.54, 1.807) is 0 Å². The van der Waals surface area contributed by atoms with Crippen LogP contribution in [-0.2, 0) is 0 Å². The minimum absolute atomic E-state index is 0.137. The molecule has 0 saturated heterocycles. The third kappa shape index (κ3) is 3.16. The molecule has 1 aromatic rings. The van der Waals surface area contributed by atoms with Gasteiger partial charge in [-0.2, -0.15) is 0 Å². The number of hydrogen-bond acceptors (Lipinski definition) is 2. The normalized spacial score (nSPS) is 23.2. The minimum atomic E-state index is 0.137. The number of hydrogen-bond donors (Lipinski definition) is 1. The first-order chi connectivity index (χ1) is 8.99. The summed E-state index contributed by atoms with van der Waals surface area (Å²) in [6, 6.07) is 6.68. The number of benzene rings is 1. The molecule has 19 heavy (non-hydrogen) atoms. The molecule has 0 radical (unpaired) electrons. The Morgan fingerprint density at radius 2 is 1.84 bits per heavy atom. The van der Waals surface area contributed by atoms with Gasteiger partial charge < -0.3 is 10.6 Å². The van der Waals surface area contributed by atoms with Crippen molar-refractivity contribution in [2.75, 3.05) is 7.05 Å². The first-order valence-electron chi connectivity index (χ1n) is 7.09. The molecule has 104 valence electrons. The minimum Gasteiger partial charge on any atom is -0.339 e. The van der Waals surface area contributed by atoms with E-state index in [4.69, 9.17) is 5.73 Å². The first kappa shape index (κ1) is 14.1. The summed E-state index contributed by atoms with van der Waals surface area (Å²) < 4.78 is 0. The van der Waals surface area contributed by atoms with Crippen LogP contribution in [0, 0.1) is 13.8 Å². The number of amides is 1. The Bertz CT molecular complexity index is 462. The Hall–Kier alpha value is -1.35. The highest BCUT2D eigenvalue weighted by atomic mass is 16.2. The van der Waals surface area contributed by atoms with Gasteiger partial charge in [0.1, 0.15) is 0 Å². The standard InChI is InChI=1S/C16H24N2O/c1-11-4-9-15(12(2)10-11)16(19)18(3)14-7-5-13(17)6-8-14/h4,9-10,13-14H,5-8,17H2,1-3H3. The molecule has 0 spiro atoms. The van der Waals surface area contributed by atoms with Gasteiger partial charge in [0.2, 0.25) is 0 Å². The first-order valence-corrected chi connectivity index (χ1v) is 7.09. The van der Waals surface area contributed by atoms with Crippen molar-refractivity contribution >= 4 is 5.91 Å². The summed E-state index contributed by atoms with van der Waals surface area (Å²) in [4.78, 5) is 14.5. The number of aryl methyl sites for hydroxylation is 2. The fourth-order valence-corrected chi connectivity index (χ4v) is 2.90. The molecule has 0 aliphatic heterocycles. The highest BCUT2D eigenvalue weighted by Gasteiger charge is 2.26. The van der Waals surface area contributed by atoms with Crippen molar-refractivity contribution < 1.29 is 4.79 Å². The number of carbonyl (C=O) groups excluding carboxylic acids is 1. The Balaban J connectivity index is 2.10. The molecule has 1 aliphatic carbocycles. The maximum Gasteiger partial charge on any atom is 0.254 e. The van der Waals surface area contributed by atoms with Gasteiger partial charge >= 0.3 is 0 Å². The Labute approximate surface area is 115 Å². The van der Waals surface area contributed by atoms with E-state index in [1.165, 1.54) is 5.56 Å². The lowest BCUT2D eigenvalue weighted by Gasteiger charge is -2.33. The molecular weight excluding hydrogens is 236 g/mol. The van der Waals surface area contributed by atoms with E-state index >= 15 is 0 Å². The van der Waals surface area contributed by atoms with Gasteiger partial charge in [0.05, 0.1) is 0 Å². The van der Waals surface area contributed by atoms with Crippen molar-refractivity contribution in [3.05, 3.63) is 34.9 Å². The SMILES string of the molecule is Cc1ccc(C(=O)N(C)C2CCC(N)CC2)c(C)c1. The lowest BCUT2D eigenvalue weighted by molar-refractivity contribution is 0.0689. The highest BCUT2D eigenvalue weighted by Crippen LogP contribution is 2.23. The van der Waals surface area contributed by atoms with Crippen LogP contribution < -0.4 is 5.73 Å². The maximum absolute atomic E-state index is 12.6. The summed E-state index contributed by atoms with van der Waals surface area (Å²) in [5, 5.41) is 0. The predicted molar refractivity (Wildman–Crippen MR) is 78.2 cm³/mol. The van der Waals surface area contributed by atoms with Crippen molar-refractivity contribution in [3.8, 4) is 0 Å². The summed E-state index contributed by atoms with van der Waals surface area (Å²) in [6.45, 7) is 4.05. The third-order valence-electron chi connectivity index (χ3n) is 4.22. The summed E-state index contributed by atoms with van der Waals surface area (Å²) in [6.07, 6.45) is 4.09. The van der Waals surface area contributed by atoms with Crippen molar-refractivity contribution in [3.63, 3.8) is 0 Å². The predicted octanol–water partition coefficient (Wildman–Crippen LogP) is 2.65. The van der Waals surface area contributed by atoms with Crippen LogP contribution in [0.2, 0.25) is 0 Å². The van der Waals surface area contributed by atoms with Gasteiger partial charge in [-0.05, 0) is 51.2 Å². The topological polar surface area (TPSA) is 46.3 Å². The number of carbonyl (C=O) groups is 1. The molecule has 3 heteroatoms. The monoisotopic (exact) mass is 260 g/mol. The van der Waals surface area contributed by atoms with Crippen LogP contribution in [-0.4, -0.2) is 29.9 Å². The second-order valence-corrected chi connectivity index (χ2v) is 5.80. The van der Waals surface area contributed by atoms with Gasteiger partial charge in [-0.15, -0.1) is 0 Å². The Morgan fingerprint density at radius 3 is 2.42 bits per heavy atom. The fourth-order valence-electron chi connectivity index (χ4n) is 2.90. The number of rotatable bonds is 2. The van der Waals surface area contributed by atoms with Crippen LogP contribution in [0.1, 0.15) is 47.2 Å². The average Bonchev–Trinajstić information content (AvgIpc) is 2.38. The Morgan fingerprint density at radius 1 is 1.21 bits per heavy atom. The lowest BCUT2D eigenvalue weighted by Crippen LogP contribution is -2.42. The summed E-state index contributed by atoms with van der Waals surface area (Å²) >= 11 is 0. The largest absolute Gasteiger partial charge is 0.339 e. The zero-order valence-corrected chi connectivity index (χ0v) is 12.1. The molecule has 0 heterocycles. The molecule has 1 saturated carbocycles. The van der Waals surface area contributed by atoms with Crippen LogP contribution in [0.15, 0.2) is 18.2 Å². The molecule has 1 aromatic carbocycles. The van der Waals surface area contributed by atoms with Crippen molar-refractivity contribution in [2.45, 2.75) is 51.6 Å². The zero-order valence-electron chi connectivity index (χ0n) is 12.1. The molecule has 1 amide bonds. The van der Waals surface area contributed by atoms with Gasteiger partial charge in [-0.3, -0.25) is 4.79 Å². The summed E-state index contributed by atoms with van der Waals surface area (Å²) in [5.41, 5.74) is 9.00. The third-order valence-corrected chi connectivity index (χ3v) is 4.22. The molecule has 3 nitrogen and oxygen atoms in total. The van der Waals surface area contributed by atoms with E-state index in [-0.39, 0.29) is 5.91 Å². The molecule has 2 N–H and O–H groups in total. The molecule has 1 fully saturated rings. The average molecular weight is 260 g/mol. The van der Waals surface area contributed by atoms with E-state index in [1.807, 2.05) is 37.9 Å². The summed E-state index contributed by atoms with van der Waals surface area (Å²) in [7, 11) is 1.92. The van der Waals surface area contributed by atoms with Gasteiger partial charge in [-0.1, -0.05) is 17.7 Å². The van der Waals surface area contributed by atoms with Crippen molar-refractivity contribution in [1.29, 1.82) is 0 Å². The van der Waals surface area contributed by atoms with Gasteiger partial charge in [-0.25, -0.2) is 0 Å². The lowest BCUT2D eigenvalue weighted by atomic mass is 9.90. The van der Waals surface area contributed by atoms with Crippen LogP contribution in [0.5, 0.6) is 0 Å². The molecular formula is C16H24N2O. The van der Waals surface area contributed by atoms with Crippen molar-refractivity contribution in [2.24, 2.45) is 5.73 Å². The van der Waals surface area contributed by atoms with Crippen molar-refractivity contribution in [1.82, 2.24) is 4.90 Å². The maximum atomic E-state index is 12.6. The van der Waals surface area contributed by atoms with E-state index in [9.17, 15) is 4.79 Å². The van der Waals surface area contributed by atoms with Crippen LogP contribution in [0.4, 0.5) is 0 Å². The number of nitrogens with zero attached hydrogens (tertiary/aromatic N) is 1. The molecule has 0 aromatic heterocycles. The zero-order chi connectivity index (χ0) is 14.0. The number of nitrogens with two attached hydrogens (primary N) is 1. The van der Waals surface area contributed by atoms with Crippen LogP contribution in [0.3, 0.4) is 0 Å². The fraction of sp³-hybridized carbons (Fsp3) is 0.562.